The van der Waals surface area contributed by atoms with Gasteiger partial charge in [-0.1, -0.05) is 54.7 Å². The van der Waals surface area contributed by atoms with Crippen molar-refractivity contribution in [3.05, 3.63) is 91.6 Å². The van der Waals surface area contributed by atoms with Crippen LogP contribution < -0.4 is 0 Å². The molecule has 1 aliphatic rings. The first-order valence-electron chi connectivity index (χ1n) is 8.52. The number of rotatable bonds is 8. The van der Waals surface area contributed by atoms with E-state index < -0.39 is 5.54 Å². The largest absolute Gasteiger partial charge is 0.279 e. The van der Waals surface area contributed by atoms with Gasteiger partial charge < -0.3 is 0 Å². The molecule has 134 valence electrons. The van der Waals surface area contributed by atoms with Gasteiger partial charge in [0.15, 0.2) is 0 Å². The van der Waals surface area contributed by atoms with Crippen molar-refractivity contribution in [1.82, 2.24) is 4.90 Å². The summed E-state index contributed by atoms with van der Waals surface area (Å²) in [5, 5.41) is 27.3. The second-order valence-corrected chi connectivity index (χ2v) is 5.87. The Labute approximate surface area is 160 Å². The number of nitriles is 2. The zero-order valence-corrected chi connectivity index (χ0v) is 15.1. The monoisotopic (exact) mass is 355 g/mol. The standard InChI is InChI=1S/C22H21N5/c1-3-16-27(17-4-2)22(19(18-24)12-15-23)13-10-21(11-14-22)26-25-20-8-6-5-7-9-20/h3-14,21H,1-2,16-17H2/b19-12+,26-25?. The lowest BCUT2D eigenvalue weighted by atomic mass is 9.83. The summed E-state index contributed by atoms with van der Waals surface area (Å²) >= 11 is 0. The van der Waals surface area contributed by atoms with Crippen molar-refractivity contribution in [2.45, 2.75) is 11.6 Å². The topological polar surface area (TPSA) is 75.5 Å². The minimum atomic E-state index is -0.842. The molecule has 5 nitrogen and oxygen atoms in total. The highest BCUT2D eigenvalue weighted by Gasteiger charge is 2.37. The van der Waals surface area contributed by atoms with Crippen molar-refractivity contribution in [3.63, 3.8) is 0 Å². The van der Waals surface area contributed by atoms with Gasteiger partial charge >= 0.3 is 0 Å². The van der Waals surface area contributed by atoms with Crippen LogP contribution in [-0.4, -0.2) is 29.6 Å². The van der Waals surface area contributed by atoms with Crippen LogP contribution in [0.1, 0.15) is 0 Å². The van der Waals surface area contributed by atoms with Crippen LogP contribution in [0.5, 0.6) is 0 Å². The summed E-state index contributed by atoms with van der Waals surface area (Å²) < 4.78 is 0. The summed E-state index contributed by atoms with van der Waals surface area (Å²) in [6.45, 7) is 8.64. The van der Waals surface area contributed by atoms with Crippen LogP contribution >= 0.6 is 0 Å². The number of hydrogen-bond donors (Lipinski definition) is 0. The Bertz CT molecular complexity index is 838. The Morgan fingerprint density at radius 3 is 2.26 bits per heavy atom. The third kappa shape index (κ3) is 4.76. The first-order chi connectivity index (χ1) is 13.2. The Balaban J connectivity index is 2.36. The summed E-state index contributed by atoms with van der Waals surface area (Å²) in [7, 11) is 0. The van der Waals surface area contributed by atoms with Crippen LogP contribution in [0.2, 0.25) is 0 Å². The van der Waals surface area contributed by atoms with Gasteiger partial charge in [0.2, 0.25) is 0 Å². The van der Waals surface area contributed by atoms with Crippen LogP contribution in [0.15, 0.2) is 102 Å². The third-order valence-electron chi connectivity index (χ3n) is 4.14. The zero-order valence-electron chi connectivity index (χ0n) is 15.1. The number of nitrogens with zero attached hydrogens (tertiary/aromatic N) is 5. The molecular formula is C22H21N5. The first kappa shape index (κ1) is 19.8. The van der Waals surface area contributed by atoms with E-state index in [2.05, 4.69) is 29.5 Å². The van der Waals surface area contributed by atoms with Crippen molar-refractivity contribution < 1.29 is 0 Å². The lowest BCUT2D eigenvalue weighted by Crippen LogP contribution is -2.48. The molecule has 0 aromatic heterocycles. The molecule has 1 aliphatic carbocycles. The molecule has 0 aliphatic heterocycles. The smallest absolute Gasteiger partial charge is 0.108 e. The summed E-state index contributed by atoms with van der Waals surface area (Å²) in [5.74, 6) is 0. The molecule has 0 spiro atoms. The Morgan fingerprint density at radius 1 is 1.11 bits per heavy atom. The third-order valence-corrected chi connectivity index (χ3v) is 4.14. The van der Waals surface area contributed by atoms with E-state index in [4.69, 9.17) is 5.26 Å². The molecule has 0 atom stereocenters. The molecule has 0 unspecified atom stereocenters. The molecule has 27 heavy (non-hydrogen) atoms. The zero-order chi connectivity index (χ0) is 19.5. The van der Waals surface area contributed by atoms with Gasteiger partial charge in [0, 0.05) is 19.2 Å². The molecule has 2 rings (SSSR count). The van der Waals surface area contributed by atoms with Gasteiger partial charge in [0.05, 0.1) is 28.9 Å². The highest BCUT2D eigenvalue weighted by Crippen LogP contribution is 2.32. The summed E-state index contributed by atoms with van der Waals surface area (Å²) in [5.41, 5.74) is 0.267. The van der Waals surface area contributed by atoms with E-state index in [1.54, 1.807) is 12.2 Å². The fourth-order valence-corrected chi connectivity index (χ4v) is 2.87. The van der Waals surface area contributed by atoms with Crippen LogP contribution in [0, 0.1) is 22.7 Å². The van der Waals surface area contributed by atoms with Crippen molar-refractivity contribution >= 4 is 5.69 Å². The molecule has 0 saturated carbocycles. The SMILES string of the molecule is C=CCN(CC=C)C1(/C(C#N)=C/C#N)C=CC(N=Nc2ccccc2)C=C1. The first-order valence-corrected chi connectivity index (χ1v) is 8.52. The fraction of sp³-hybridized carbons (Fsp3) is 0.182. The quantitative estimate of drug-likeness (QED) is 0.387. The molecule has 0 amide bonds. The lowest BCUT2D eigenvalue weighted by Gasteiger charge is -2.40. The molecule has 0 fully saturated rings. The van der Waals surface area contributed by atoms with E-state index in [0.717, 1.165) is 5.69 Å². The van der Waals surface area contributed by atoms with Crippen LogP contribution in [0.4, 0.5) is 5.69 Å². The second kappa shape index (κ2) is 9.82. The van der Waals surface area contributed by atoms with E-state index in [0.29, 0.717) is 18.7 Å². The van der Waals surface area contributed by atoms with Gasteiger partial charge in [-0.05, 0) is 12.1 Å². The molecule has 0 heterocycles. The molecule has 0 saturated heterocycles. The fourth-order valence-electron chi connectivity index (χ4n) is 2.87. The average Bonchev–Trinajstić information content (AvgIpc) is 2.71. The molecule has 5 heteroatoms. The number of azo groups is 1. The van der Waals surface area contributed by atoms with Crippen molar-refractivity contribution in [2.75, 3.05) is 13.1 Å². The van der Waals surface area contributed by atoms with Gasteiger partial charge in [0.25, 0.3) is 0 Å². The van der Waals surface area contributed by atoms with Crippen LogP contribution in [0.25, 0.3) is 0 Å². The maximum Gasteiger partial charge on any atom is 0.108 e. The van der Waals surface area contributed by atoms with Gasteiger partial charge in [-0.25, -0.2) is 0 Å². The van der Waals surface area contributed by atoms with Crippen molar-refractivity contribution in [1.29, 1.82) is 10.5 Å². The maximum absolute atomic E-state index is 9.62. The van der Waals surface area contributed by atoms with Crippen LogP contribution in [0.3, 0.4) is 0 Å². The predicted octanol–water partition coefficient (Wildman–Crippen LogP) is 4.65. The van der Waals surface area contributed by atoms with Gasteiger partial charge in [-0.2, -0.15) is 20.8 Å². The molecular weight excluding hydrogens is 334 g/mol. The summed E-state index contributed by atoms with van der Waals surface area (Å²) in [6.07, 6.45) is 12.3. The minimum absolute atomic E-state index is 0.241. The Hall–Kier alpha value is -3.54. The Kier molecular flexibility index (Phi) is 7.19. The Morgan fingerprint density at radius 2 is 1.74 bits per heavy atom. The minimum Gasteiger partial charge on any atom is -0.279 e. The van der Waals surface area contributed by atoms with E-state index in [1.165, 1.54) is 6.08 Å². The van der Waals surface area contributed by atoms with E-state index >= 15 is 0 Å². The van der Waals surface area contributed by atoms with Crippen molar-refractivity contribution in [2.24, 2.45) is 10.2 Å². The number of benzene rings is 1. The van der Waals surface area contributed by atoms with Crippen molar-refractivity contribution in [3.8, 4) is 12.1 Å². The van der Waals surface area contributed by atoms with Crippen LogP contribution in [-0.2, 0) is 0 Å². The normalized spacial score (nSPS) is 21.7. The van der Waals surface area contributed by atoms with Gasteiger partial charge in [-0.15, -0.1) is 13.2 Å². The van der Waals surface area contributed by atoms with Gasteiger partial charge in [0.1, 0.15) is 6.04 Å². The van der Waals surface area contributed by atoms with E-state index in [-0.39, 0.29) is 6.04 Å². The van der Waals surface area contributed by atoms with E-state index in [1.807, 2.05) is 65.6 Å². The average molecular weight is 355 g/mol. The molecule has 1 aromatic carbocycles. The highest BCUT2D eigenvalue weighted by molar-refractivity contribution is 5.49. The molecule has 0 N–H and O–H groups in total. The highest BCUT2D eigenvalue weighted by atomic mass is 15.2. The van der Waals surface area contributed by atoms with E-state index in [9.17, 15) is 5.26 Å². The summed E-state index contributed by atoms with van der Waals surface area (Å²) in [4.78, 5) is 2.01. The maximum atomic E-state index is 9.62. The number of allylic oxidation sites excluding steroid dienone is 1. The summed E-state index contributed by atoms with van der Waals surface area (Å²) in [6, 6.07) is 13.4. The lowest BCUT2D eigenvalue weighted by molar-refractivity contribution is 0.246. The molecule has 0 radical (unpaired) electrons. The second-order valence-electron chi connectivity index (χ2n) is 5.87. The molecule has 0 bridgehead atoms. The van der Waals surface area contributed by atoms with Gasteiger partial charge in [-0.3, -0.25) is 4.90 Å². The number of hydrogen-bond acceptors (Lipinski definition) is 5. The predicted molar refractivity (Wildman–Crippen MR) is 107 cm³/mol. The molecule has 1 aromatic rings.